The number of nitrogens with two attached hydrogens (primary N) is 1. The second kappa shape index (κ2) is 9.01. The molecule has 4 rings (SSSR count). The summed E-state index contributed by atoms with van der Waals surface area (Å²) in [6, 6.07) is 15.4. The van der Waals surface area contributed by atoms with E-state index in [0.29, 0.717) is 48.6 Å². The Morgan fingerprint density at radius 1 is 1.27 bits per heavy atom. The summed E-state index contributed by atoms with van der Waals surface area (Å²) in [6.45, 7) is 4.00. The first-order chi connectivity index (χ1) is 16.0. The lowest BCUT2D eigenvalue weighted by Gasteiger charge is -2.39. The first-order valence-corrected chi connectivity index (χ1v) is 10.5. The molecule has 2 aliphatic rings. The van der Waals surface area contributed by atoms with Gasteiger partial charge in [0, 0.05) is 29.8 Å². The van der Waals surface area contributed by atoms with Gasteiger partial charge in [-0.1, -0.05) is 30.9 Å². The zero-order valence-electron chi connectivity index (χ0n) is 17.9. The van der Waals surface area contributed by atoms with Crippen molar-refractivity contribution < 1.29 is 14.5 Å². The Kier molecular flexibility index (Phi) is 5.96. The van der Waals surface area contributed by atoms with Gasteiger partial charge in [-0.25, -0.2) is 0 Å². The van der Waals surface area contributed by atoms with Gasteiger partial charge in [0.25, 0.3) is 5.69 Å². The van der Waals surface area contributed by atoms with E-state index < -0.39 is 10.8 Å². The van der Waals surface area contributed by atoms with Gasteiger partial charge in [0.1, 0.15) is 18.2 Å². The number of nitro benzene ring substituents is 1. The molecule has 1 heterocycles. The number of hydrogen-bond acceptors (Lipinski definition) is 7. The van der Waals surface area contributed by atoms with Gasteiger partial charge in [-0.2, -0.15) is 5.26 Å². The van der Waals surface area contributed by atoms with Gasteiger partial charge in [0.05, 0.1) is 28.2 Å². The Morgan fingerprint density at radius 3 is 2.70 bits per heavy atom. The van der Waals surface area contributed by atoms with Crippen LogP contribution >= 0.6 is 0 Å². The summed E-state index contributed by atoms with van der Waals surface area (Å²) < 4.78 is 5.54. The third-order valence-corrected chi connectivity index (χ3v) is 5.79. The molecule has 0 fully saturated rings. The van der Waals surface area contributed by atoms with Gasteiger partial charge in [-0.15, -0.1) is 0 Å². The molecular formula is C25H22N4O4. The number of carbonyl (C=O) groups excluding carboxylic acids is 1. The van der Waals surface area contributed by atoms with E-state index in [1.807, 2.05) is 12.1 Å². The average molecular weight is 442 g/mol. The van der Waals surface area contributed by atoms with E-state index in [9.17, 15) is 20.2 Å². The lowest BCUT2D eigenvalue weighted by atomic mass is 9.75. The Morgan fingerprint density at radius 2 is 2.03 bits per heavy atom. The maximum Gasteiger partial charge on any atom is 0.271 e. The number of anilines is 1. The molecule has 2 aromatic carbocycles. The molecule has 8 nitrogen and oxygen atoms in total. The molecule has 1 aliphatic heterocycles. The molecule has 0 unspecified atom stereocenters. The highest BCUT2D eigenvalue weighted by atomic mass is 16.6. The van der Waals surface area contributed by atoms with Crippen LogP contribution in [-0.4, -0.2) is 17.3 Å². The quantitative estimate of drug-likeness (QED) is 0.398. The Hall–Kier alpha value is -4.38. The summed E-state index contributed by atoms with van der Waals surface area (Å²) in [4.78, 5) is 25.6. The number of rotatable bonds is 6. The van der Waals surface area contributed by atoms with Gasteiger partial charge >= 0.3 is 0 Å². The number of ether oxygens (including phenoxy) is 1. The van der Waals surface area contributed by atoms with Crippen LogP contribution in [0.4, 0.5) is 11.4 Å². The van der Waals surface area contributed by atoms with Gasteiger partial charge in [-0.05, 0) is 36.6 Å². The average Bonchev–Trinajstić information content (AvgIpc) is 2.82. The molecule has 0 saturated heterocycles. The standard InChI is InChI=1S/C25H22N4O4/c1-2-13-33-19-11-9-16(10-12-19)23-20(15-26)25(27)28(21-7-4-8-22(30)24(21)23)17-5-3-6-18(14-17)29(31)32/h2-3,5-6,9-12,14,23H,1,4,7-8,13,27H2/t23-/m1/s1. The zero-order chi connectivity index (χ0) is 23.5. The number of benzene rings is 2. The molecule has 2 N–H and O–H groups in total. The van der Waals surface area contributed by atoms with Crippen LogP contribution in [0.25, 0.3) is 0 Å². The number of non-ortho nitro benzene ring substituents is 1. The molecule has 1 aliphatic carbocycles. The first kappa shape index (κ1) is 21.8. The van der Waals surface area contributed by atoms with Crippen molar-refractivity contribution >= 4 is 17.2 Å². The summed E-state index contributed by atoms with van der Waals surface area (Å²) in [5.74, 6) is 0.154. The minimum Gasteiger partial charge on any atom is -0.490 e. The molecule has 0 spiro atoms. The summed E-state index contributed by atoms with van der Waals surface area (Å²) >= 11 is 0. The second-order valence-electron chi connectivity index (χ2n) is 7.76. The lowest BCUT2D eigenvalue weighted by molar-refractivity contribution is -0.384. The van der Waals surface area contributed by atoms with Crippen molar-refractivity contribution in [1.29, 1.82) is 5.26 Å². The number of carbonyl (C=O) groups is 1. The number of Topliss-reactive ketones (excluding diaryl/α,β-unsaturated/α-hetero) is 1. The predicted molar refractivity (Wildman–Crippen MR) is 123 cm³/mol. The monoisotopic (exact) mass is 442 g/mol. The van der Waals surface area contributed by atoms with Gasteiger partial charge < -0.3 is 10.5 Å². The minimum atomic E-state index is -0.610. The molecule has 0 aromatic heterocycles. The van der Waals surface area contributed by atoms with Crippen molar-refractivity contribution in [2.75, 3.05) is 11.5 Å². The largest absolute Gasteiger partial charge is 0.490 e. The zero-order valence-corrected chi connectivity index (χ0v) is 17.9. The van der Waals surface area contributed by atoms with E-state index in [1.54, 1.807) is 35.2 Å². The molecule has 8 heteroatoms. The topological polar surface area (TPSA) is 122 Å². The summed E-state index contributed by atoms with van der Waals surface area (Å²) in [7, 11) is 0. The summed E-state index contributed by atoms with van der Waals surface area (Å²) in [5, 5.41) is 21.4. The van der Waals surface area contributed by atoms with E-state index in [-0.39, 0.29) is 22.9 Å². The number of nitriles is 1. The highest BCUT2D eigenvalue weighted by Gasteiger charge is 2.40. The summed E-state index contributed by atoms with van der Waals surface area (Å²) in [5.41, 5.74) is 9.03. The van der Waals surface area contributed by atoms with E-state index in [2.05, 4.69) is 12.6 Å². The van der Waals surface area contributed by atoms with Crippen LogP contribution in [0.3, 0.4) is 0 Å². The molecule has 0 radical (unpaired) electrons. The SMILES string of the molecule is C=CCOc1ccc([C@@H]2C(C#N)=C(N)N(c3cccc([N+](=O)[O-])c3)C3=C2C(=O)CCC3)cc1. The summed E-state index contributed by atoms with van der Waals surface area (Å²) in [6.07, 6.45) is 3.23. The van der Waals surface area contributed by atoms with Crippen LogP contribution in [0.5, 0.6) is 5.75 Å². The van der Waals surface area contributed by atoms with E-state index >= 15 is 0 Å². The van der Waals surface area contributed by atoms with Gasteiger partial charge in [-0.3, -0.25) is 19.8 Å². The highest BCUT2D eigenvalue weighted by molar-refractivity contribution is 6.01. The normalized spacial score (nSPS) is 18.0. The minimum absolute atomic E-state index is 0.0519. The third-order valence-electron chi connectivity index (χ3n) is 5.79. The fraction of sp³-hybridized carbons (Fsp3) is 0.200. The van der Waals surface area contributed by atoms with Crippen molar-refractivity contribution in [3.05, 3.63) is 99.5 Å². The molecule has 0 saturated carbocycles. The van der Waals surface area contributed by atoms with Gasteiger partial charge in [0.2, 0.25) is 0 Å². The van der Waals surface area contributed by atoms with Crippen molar-refractivity contribution in [3.8, 4) is 11.8 Å². The highest BCUT2D eigenvalue weighted by Crippen LogP contribution is 2.46. The van der Waals surface area contributed by atoms with E-state index in [1.165, 1.54) is 12.1 Å². The number of ketones is 1. The maximum atomic E-state index is 13.1. The molecule has 0 bridgehead atoms. The van der Waals surface area contributed by atoms with Crippen LogP contribution in [0, 0.1) is 21.4 Å². The smallest absolute Gasteiger partial charge is 0.271 e. The van der Waals surface area contributed by atoms with Crippen molar-refractivity contribution in [1.82, 2.24) is 0 Å². The number of hydrogen-bond donors (Lipinski definition) is 1. The van der Waals surface area contributed by atoms with Crippen LogP contribution in [0.2, 0.25) is 0 Å². The second-order valence-corrected chi connectivity index (χ2v) is 7.76. The van der Waals surface area contributed by atoms with Crippen molar-refractivity contribution in [2.45, 2.75) is 25.2 Å². The molecule has 1 atom stereocenters. The first-order valence-electron chi connectivity index (χ1n) is 10.5. The fourth-order valence-corrected chi connectivity index (χ4v) is 4.37. The molecular weight excluding hydrogens is 420 g/mol. The molecule has 0 amide bonds. The molecule has 166 valence electrons. The van der Waals surface area contributed by atoms with Crippen LogP contribution in [0.15, 0.2) is 83.9 Å². The molecule has 33 heavy (non-hydrogen) atoms. The van der Waals surface area contributed by atoms with Gasteiger partial charge in [0.15, 0.2) is 5.78 Å². The Balaban J connectivity index is 1.86. The number of nitro groups is 1. The van der Waals surface area contributed by atoms with Crippen molar-refractivity contribution in [3.63, 3.8) is 0 Å². The number of allylic oxidation sites excluding steroid dienone is 3. The van der Waals surface area contributed by atoms with E-state index in [0.717, 1.165) is 5.56 Å². The Bertz CT molecular complexity index is 1240. The van der Waals surface area contributed by atoms with Crippen LogP contribution < -0.4 is 15.4 Å². The number of nitrogens with zero attached hydrogens (tertiary/aromatic N) is 3. The van der Waals surface area contributed by atoms with Crippen molar-refractivity contribution in [2.24, 2.45) is 5.73 Å². The lowest BCUT2D eigenvalue weighted by Crippen LogP contribution is -2.38. The maximum absolute atomic E-state index is 13.1. The van der Waals surface area contributed by atoms with Crippen LogP contribution in [0.1, 0.15) is 30.7 Å². The van der Waals surface area contributed by atoms with E-state index in [4.69, 9.17) is 10.5 Å². The fourth-order valence-electron chi connectivity index (χ4n) is 4.37. The van der Waals surface area contributed by atoms with Crippen LogP contribution in [-0.2, 0) is 4.79 Å². The molecule has 2 aromatic rings. The third kappa shape index (κ3) is 3.96. The Labute approximate surface area is 191 Å². The predicted octanol–water partition coefficient (Wildman–Crippen LogP) is 4.46.